The van der Waals surface area contributed by atoms with Crippen molar-refractivity contribution in [3.63, 3.8) is 0 Å². The maximum Gasteiger partial charge on any atom is 0.292 e. The summed E-state index contributed by atoms with van der Waals surface area (Å²) in [6, 6.07) is 8.37. The van der Waals surface area contributed by atoms with E-state index in [0.29, 0.717) is 26.5 Å². The molecule has 21 heavy (non-hydrogen) atoms. The van der Waals surface area contributed by atoms with Crippen molar-refractivity contribution in [2.75, 3.05) is 12.3 Å². The Morgan fingerprint density at radius 3 is 2.90 bits per heavy atom. The van der Waals surface area contributed by atoms with Crippen LogP contribution in [0.15, 0.2) is 39.7 Å². The molecule has 4 nitrogen and oxygen atoms in total. The molecule has 1 aliphatic rings. The molecule has 0 atom stereocenters. The van der Waals surface area contributed by atoms with Gasteiger partial charge in [-0.1, -0.05) is 35.0 Å². The molecule has 0 radical (unpaired) electrons. The summed E-state index contributed by atoms with van der Waals surface area (Å²) < 4.78 is 5.56. The quantitative estimate of drug-likeness (QED) is 0.895. The number of halogens is 2. The number of furan rings is 1. The summed E-state index contributed by atoms with van der Waals surface area (Å²) in [5.41, 5.74) is 0.649. The molecule has 0 fully saturated rings. The van der Waals surface area contributed by atoms with Crippen molar-refractivity contribution in [2.45, 2.75) is 0 Å². The number of nitrogens with zero attached hydrogens (tertiary/aromatic N) is 1. The average molecular weight is 341 g/mol. The van der Waals surface area contributed by atoms with E-state index in [4.69, 9.17) is 27.6 Å². The fourth-order valence-corrected chi connectivity index (χ4v) is 2.97. The molecular formula is C14H10Cl2N2O2S. The summed E-state index contributed by atoms with van der Waals surface area (Å²) in [6.45, 7) is 0.724. The zero-order valence-electron chi connectivity index (χ0n) is 10.7. The van der Waals surface area contributed by atoms with Gasteiger partial charge >= 0.3 is 0 Å². The van der Waals surface area contributed by atoms with Gasteiger partial charge < -0.3 is 4.42 Å². The number of aliphatic imine (C=N–C) groups is 1. The van der Waals surface area contributed by atoms with Crippen LogP contribution in [0.2, 0.25) is 10.0 Å². The Morgan fingerprint density at radius 2 is 2.14 bits per heavy atom. The average Bonchev–Trinajstić information content (AvgIpc) is 3.12. The molecule has 1 amide bonds. The summed E-state index contributed by atoms with van der Waals surface area (Å²) in [5.74, 6) is 1.26. The number of carbonyl (C=O) groups is 1. The van der Waals surface area contributed by atoms with Gasteiger partial charge in [0.25, 0.3) is 5.91 Å². The molecule has 1 N–H and O–H groups in total. The second-order valence-corrected chi connectivity index (χ2v) is 6.20. The van der Waals surface area contributed by atoms with Crippen LogP contribution < -0.4 is 5.32 Å². The number of rotatable bonds is 2. The van der Waals surface area contributed by atoms with Crippen molar-refractivity contribution in [3.05, 3.63) is 46.1 Å². The van der Waals surface area contributed by atoms with Crippen molar-refractivity contribution in [3.8, 4) is 11.3 Å². The second kappa shape index (κ2) is 6.13. The fourth-order valence-electron chi connectivity index (χ4n) is 1.86. The lowest BCUT2D eigenvalue weighted by atomic mass is 10.2. The van der Waals surface area contributed by atoms with E-state index >= 15 is 0 Å². The molecule has 7 heteroatoms. The van der Waals surface area contributed by atoms with Crippen LogP contribution in [0.5, 0.6) is 0 Å². The Hall–Kier alpha value is -1.43. The Labute approximate surface area is 135 Å². The van der Waals surface area contributed by atoms with E-state index in [1.54, 1.807) is 30.3 Å². The first-order valence-electron chi connectivity index (χ1n) is 6.17. The maximum absolute atomic E-state index is 12.0. The Morgan fingerprint density at radius 1 is 1.29 bits per heavy atom. The predicted octanol–water partition coefficient (Wildman–Crippen LogP) is 4.09. The van der Waals surface area contributed by atoms with Gasteiger partial charge in [-0.05, 0) is 30.3 Å². The number of carbonyl (C=O) groups excluding carboxylic acids is 1. The van der Waals surface area contributed by atoms with Crippen molar-refractivity contribution in [1.82, 2.24) is 5.32 Å². The Bertz CT molecular complexity index is 728. The standard InChI is InChI=1S/C14H10Cl2N2O2S/c15-8-1-2-10(16)9(7-8)11-3-4-12(20-11)13(19)18-14-17-5-6-21-14/h1-4,7H,5-6H2,(H,17,18,19). The van der Waals surface area contributed by atoms with Crippen LogP contribution in [0.3, 0.4) is 0 Å². The SMILES string of the molecule is O=C(NC1=NCCS1)c1ccc(-c2cc(Cl)ccc2Cl)o1. The van der Waals surface area contributed by atoms with Crippen LogP contribution in [-0.4, -0.2) is 23.4 Å². The molecule has 0 unspecified atom stereocenters. The lowest BCUT2D eigenvalue weighted by Gasteiger charge is -2.02. The number of amidine groups is 1. The third-order valence-corrected chi connectivity index (χ3v) is 4.29. The fraction of sp³-hybridized carbons (Fsp3) is 0.143. The number of amides is 1. The van der Waals surface area contributed by atoms with E-state index in [-0.39, 0.29) is 11.7 Å². The van der Waals surface area contributed by atoms with Crippen LogP contribution >= 0.6 is 35.0 Å². The zero-order valence-corrected chi connectivity index (χ0v) is 13.1. The van der Waals surface area contributed by atoms with Gasteiger partial charge in [0.2, 0.25) is 0 Å². The minimum atomic E-state index is -0.326. The Kier molecular flexibility index (Phi) is 4.24. The van der Waals surface area contributed by atoms with E-state index in [1.807, 2.05) is 0 Å². The highest BCUT2D eigenvalue weighted by Gasteiger charge is 2.17. The van der Waals surface area contributed by atoms with Crippen LogP contribution in [0.1, 0.15) is 10.6 Å². The van der Waals surface area contributed by atoms with E-state index in [1.165, 1.54) is 11.8 Å². The third kappa shape index (κ3) is 3.26. The van der Waals surface area contributed by atoms with Gasteiger partial charge in [-0.3, -0.25) is 15.1 Å². The summed E-state index contributed by atoms with van der Waals surface area (Å²) in [4.78, 5) is 16.2. The summed E-state index contributed by atoms with van der Waals surface area (Å²) in [7, 11) is 0. The smallest absolute Gasteiger partial charge is 0.292 e. The molecule has 0 bridgehead atoms. The molecular weight excluding hydrogens is 331 g/mol. The number of hydrogen-bond donors (Lipinski definition) is 1. The van der Waals surface area contributed by atoms with Crippen molar-refractivity contribution in [1.29, 1.82) is 0 Å². The molecule has 1 aromatic carbocycles. The molecule has 2 aromatic rings. The van der Waals surface area contributed by atoms with Crippen molar-refractivity contribution < 1.29 is 9.21 Å². The van der Waals surface area contributed by atoms with Crippen LogP contribution in [0.25, 0.3) is 11.3 Å². The van der Waals surface area contributed by atoms with E-state index < -0.39 is 0 Å². The molecule has 108 valence electrons. The molecule has 2 heterocycles. The Balaban J connectivity index is 1.82. The number of thioether (sulfide) groups is 1. The van der Waals surface area contributed by atoms with Gasteiger partial charge in [0, 0.05) is 16.3 Å². The van der Waals surface area contributed by atoms with E-state index in [9.17, 15) is 4.79 Å². The van der Waals surface area contributed by atoms with E-state index in [0.717, 1.165) is 12.3 Å². The van der Waals surface area contributed by atoms with Gasteiger partial charge in [-0.15, -0.1) is 0 Å². The molecule has 1 aromatic heterocycles. The van der Waals surface area contributed by atoms with Gasteiger partial charge in [0.05, 0.1) is 11.6 Å². The monoisotopic (exact) mass is 340 g/mol. The molecule has 0 spiro atoms. The van der Waals surface area contributed by atoms with Crippen LogP contribution in [-0.2, 0) is 0 Å². The second-order valence-electron chi connectivity index (χ2n) is 4.28. The highest BCUT2D eigenvalue weighted by molar-refractivity contribution is 8.14. The first kappa shape index (κ1) is 14.5. The topological polar surface area (TPSA) is 54.6 Å². The lowest BCUT2D eigenvalue weighted by molar-refractivity contribution is 0.0952. The molecule has 0 saturated heterocycles. The van der Waals surface area contributed by atoms with Gasteiger partial charge in [0.1, 0.15) is 5.76 Å². The van der Waals surface area contributed by atoms with Crippen LogP contribution in [0, 0.1) is 0 Å². The normalized spacial score (nSPS) is 14.1. The van der Waals surface area contributed by atoms with E-state index in [2.05, 4.69) is 10.3 Å². The predicted molar refractivity (Wildman–Crippen MR) is 86.4 cm³/mol. The highest BCUT2D eigenvalue weighted by Crippen LogP contribution is 2.31. The molecule has 0 saturated carbocycles. The first-order valence-corrected chi connectivity index (χ1v) is 7.91. The summed E-state index contributed by atoms with van der Waals surface area (Å²) >= 11 is 13.6. The molecule has 0 aliphatic carbocycles. The minimum Gasteiger partial charge on any atom is -0.451 e. The van der Waals surface area contributed by atoms with Crippen LogP contribution in [0.4, 0.5) is 0 Å². The lowest BCUT2D eigenvalue weighted by Crippen LogP contribution is -2.26. The number of nitrogens with one attached hydrogen (secondary N) is 1. The maximum atomic E-state index is 12.0. The number of benzene rings is 1. The van der Waals surface area contributed by atoms with Gasteiger partial charge in [-0.25, -0.2) is 0 Å². The van der Waals surface area contributed by atoms with Crippen molar-refractivity contribution in [2.24, 2.45) is 4.99 Å². The summed E-state index contributed by atoms with van der Waals surface area (Å²) in [6.07, 6.45) is 0. The van der Waals surface area contributed by atoms with Crippen molar-refractivity contribution >= 4 is 46.0 Å². The van der Waals surface area contributed by atoms with Gasteiger partial charge in [0.15, 0.2) is 10.9 Å². The third-order valence-electron chi connectivity index (χ3n) is 2.83. The molecule has 3 rings (SSSR count). The largest absolute Gasteiger partial charge is 0.451 e. The number of hydrogen-bond acceptors (Lipinski definition) is 4. The summed E-state index contributed by atoms with van der Waals surface area (Å²) in [5, 5.41) is 4.39. The highest BCUT2D eigenvalue weighted by atomic mass is 35.5. The minimum absolute atomic E-state index is 0.205. The zero-order chi connectivity index (χ0) is 14.8. The first-order chi connectivity index (χ1) is 10.1. The van der Waals surface area contributed by atoms with Gasteiger partial charge in [-0.2, -0.15) is 0 Å². The molecule has 1 aliphatic heterocycles.